The van der Waals surface area contributed by atoms with E-state index in [-0.39, 0.29) is 5.91 Å². The lowest BCUT2D eigenvalue weighted by Gasteiger charge is -2.10. The molecule has 2 rings (SSSR count). The second-order valence-electron chi connectivity index (χ2n) is 5.38. The zero-order chi connectivity index (χ0) is 18.8. The number of carbonyl (C=O) groups is 1. The Labute approximate surface area is 153 Å². The Bertz CT molecular complexity index is 759. The molecule has 0 atom stereocenters. The van der Waals surface area contributed by atoms with Crippen LogP contribution in [0.15, 0.2) is 47.6 Å². The molecule has 2 aromatic rings. The van der Waals surface area contributed by atoms with Gasteiger partial charge in [-0.25, -0.2) is 5.43 Å². The SMILES string of the molecule is CCCOc1ccccc1/C=N/NC(=O)c1ccc(OC)c(OCC)c1. The van der Waals surface area contributed by atoms with E-state index in [2.05, 4.69) is 10.5 Å². The quantitative estimate of drug-likeness (QED) is 0.550. The van der Waals surface area contributed by atoms with Gasteiger partial charge in [-0.05, 0) is 43.7 Å². The fraction of sp³-hybridized carbons (Fsp3) is 0.300. The van der Waals surface area contributed by atoms with Crippen molar-refractivity contribution in [1.29, 1.82) is 0 Å². The molecule has 6 nitrogen and oxygen atoms in total. The summed E-state index contributed by atoms with van der Waals surface area (Å²) in [5.41, 5.74) is 3.75. The lowest BCUT2D eigenvalue weighted by molar-refractivity contribution is 0.0954. The highest BCUT2D eigenvalue weighted by molar-refractivity contribution is 5.95. The first-order valence-electron chi connectivity index (χ1n) is 8.55. The smallest absolute Gasteiger partial charge is 0.271 e. The van der Waals surface area contributed by atoms with Gasteiger partial charge in [-0.1, -0.05) is 19.1 Å². The van der Waals surface area contributed by atoms with Crippen molar-refractivity contribution < 1.29 is 19.0 Å². The van der Waals surface area contributed by atoms with Crippen LogP contribution in [0.5, 0.6) is 17.2 Å². The fourth-order valence-corrected chi connectivity index (χ4v) is 2.24. The van der Waals surface area contributed by atoms with E-state index in [0.29, 0.717) is 30.3 Å². The topological polar surface area (TPSA) is 69.2 Å². The molecule has 0 heterocycles. The van der Waals surface area contributed by atoms with E-state index in [9.17, 15) is 4.79 Å². The summed E-state index contributed by atoms with van der Waals surface area (Å²) < 4.78 is 16.4. The van der Waals surface area contributed by atoms with Gasteiger partial charge in [-0.2, -0.15) is 5.10 Å². The van der Waals surface area contributed by atoms with Crippen LogP contribution < -0.4 is 19.6 Å². The van der Waals surface area contributed by atoms with E-state index >= 15 is 0 Å². The zero-order valence-electron chi connectivity index (χ0n) is 15.3. The van der Waals surface area contributed by atoms with Crippen molar-refractivity contribution in [1.82, 2.24) is 5.43 Å². The highest BCUT2D eigenvalue weighted by atomic mass is 16.5. The highest BCUT2D eigenvalue weighted by Crippen LogP contribution is 2.28. The Kier molecular flexibility index (Phi) is 7.49. The zero-order valence-corrected chi connectivity index (χ0v) is 15.3. The average Bonchev–Trinajstić information content (AvgIpc) is 2.67. The van der Waals surface area contributed by atoms with Crippen molar-refractivity contribution in [2.45, 2.75) is 20.3 Å². The molecular formula is C20H24N2O4. The first-order valence-corrected chi connectivity index (χ1v) is 8.55. The van der Waals surface area contributed by atoms with E-state index in [0.717, 1.165) is 17.7 Å². The molecule has 26 heavy (non-hydrogen) atoms. The number of hydrogen-bond acceptors (Lipinski definition) is 5. The summed E-state index contributed by atoms with van der Waals surface area (Å²) in [5.74, 6) is 1.49. The van der Waals surface area contributed by atoms with Crippen LogP contribution in [-0.2, 0) is 0 Å². The number of hydrogen-bond donors (Lipinski definition) is 1. The predicted molar refractivity (Wildman–Crippen MR) is 101 cm³/mol. The maximum atomic E-state index is 12.3. The van der Waals surface area contributed by atoms with Gasteiger partial charge in [0.2, 0.25) is 0 Å². The van der Waals surface area contributed by atoms with Gasteiger partial charge in [0, 0.05) is 11.1 Å². The molecule has 0 spiro atoms. The average molecular weight is 356 g/mol. The Morgan fingerprint density at radius 2 is 1.88 bits per heavy atom. The largest absolute Gasteiger partial charge is 0.493 e. The molecule has 0 unspecified atom stereocenters. The summed E-state index contributed by atoms with van der Waals surface area (Å²) in [6.07, 6.45) is 2.48. The van der Waals surface area contributed by atoms with Crippen LogP contribution in [0.2, 0.25) is 0 Å². The van der Waals surface area contributed by atoms with Crippen molar-refractivity contribution in [2.75, 3.05) is 20.3 Å². The predicted octanol–water partition coefficient (Wildman–Crippen LogP) is 3.65. The highest BCUT2D eigenvalue weighted by Gasteiger charge is 2.10. The molecule has 0 saturated carbocycles. The fourth-order valence-electron chi connectivity index (χ4n) is 2.24. The lowest BCUT2D eigenvalue weighted by Crippen LogP contribution is -2.17. The van der Waals surface area contributed by atoms with Gasteiger partial charge in [0.25, 0.3) is 5.91 Å². The number of nitrogens with zero attached hydrogens (tertiary/aromatic N) is 1. The van der Waals surface area contributed by atoms with Crippen LogP contribution >= 0.6 is 0 Å². The van der Waals surface area contributed by atoms with Gasteiger partial charge in [-0.15, -0.1) is 0 Å². The van der Waals surface area contributed by atoms with E-state index in [1.165, 1.54) is 0 Å². The summed E-state index contributed by atoms with van der Waals surface area (Å²) >= 11 is 0. The summed E-state index contributed by atoms with van der Waals surface area (Å²) in [6.45, 7) is 5.02. The first-order chi connectivity index (χ1) is 12.7. The number of carbonyl (C=O) groups excluding carboxylic acids is 1. The molecule has 0 bridgehead atoms. The van der Waals surface area contributed by atoms with Gasteiger partial charge in [0.05, 0.1) is 26.5 Å². The van der Waals surface area contributed by atoms with Crippen LogP contribution in [0, 0.1) is 0 Å². The molecule has 0 aromatic heterocycles. The molecule has 1 N–H and O–H groups in total. The van der Waals surface area contributed by atoms with E-state index in [4.69, 9.17) is 14.2 Å². The maximum Gasteiger partial charge on any atom is 0.271 e. The molecule has 0 aliphatic carbocycles. The third-order valence-corrected chi connectivity index (χ3v) is 3.48. The molecule has 0 radical (unpaired) electrons. The lowest BCUT2D eigenvalue weighted by atomic mass is 10.2. The molecule has 0 aliphatic heterocycles. The number of para-hydroxylation sites is 1. The maximum absolute atomic E-state index is 12.3. The van der Waals surface area contributed by atoms with E-state index in [1.54, 1.807) is 31.5 Å². The van der Waals surface area contributed by atoms with Gasteiger partial charge >= 0.3 is 0 Å². The van der Waals surface area contributed by atoms with E-state index in [1.807, 2.05) is 38.1 Å². The minimum Gasteiger partial charge on any atom is -0.493 e. The molecule has 0 fully saturated rings. The summed E-state index contributed by atoms with van der Waals surface area (Å²) in [6, 6.07) is 12.5. The second-order valence-corrected chi connectivity index (χ2v) is 5.38. The molecular weight excluding hydrogens is 332 g/mol. The molecule has 138 valence electrons. The number of methoxy groups -OCH3 is 1. The first kappa shape index (κ1) is 19.3. The number of rotatable bonds is 9. The molecule has 0 aliphatic rings. The number of benzene rings is 2. The van der Waals surface area contributed by atoms with E-state index < -0.39 is 0 Å². The van der Waals surface area contributed by atoms with Crippen molar-refractivity contribution in [3.05, 3.63) is 53.6 Å². The van der Waals surface area contributed by atoms with Crippen LogP contribution in [-0.4, -0.2) is 32.4 Å². The normalized spacial score (nSPS) is 10.6. The molecule has 6 heteroatoms. The van der Waals surface area contributed by atoms with Crippen LogP contribution in [0.25, 0.3) is 0 Å². The van der Waals surface area contributed by atoms with Crippen molar-refractivity contribution in [2.24, 2.45) is 5.10 Å². The number of hydrazone groups is 1. The standard InChI is InChI=1S/C20H24N2O4/c1-4-12-26-17-9-7-6-8-16(17)14-21-22-20(23)15-10-11-18(24-3)19(13-15)25-5-2/h6-11,13-14H,4-5,12H2,1-3H3,(H,22,23)/b21-14+. The molecule has 0 saturated heterocycles. The van der Waals surface area contributed by atoms with Crippen molar-refractivity contribution in [3.8, 4) is 17.2 Å². The third kappa shape index (κ3) is 5.24. The van der Waals surface area contributed by atoms with Crippen LogP contribution in [0.1, 0.15) is 36.2 Å². The Hall–Kier alpha value is -3.02. The number of nitrogens with one attached hydrogen (secondary N) is 1. The third-order valence-electron chi connectivity index (χ3n) is 3.48. The van der Waals surface area contributed by atoms with Crippen molar-refractivity contribution >= 4 is 12.1 Å². The summed E-state index contributed by atoms with van der Waals surface area (Å²) in [5, 5.41) is 4.03. The van der Waals surface area contributed by atoms with Crippen molar-refractivity contribution in [3.63, 3.8) is 0 Å². The summed E-state index contributed by atoms with van der Waals surface area (Å²) in [7, 11) is 1.56. The molecule has 2 aromatic carbocycles. The number of amides is 1. The Morgan fingerprint density at radius 3 is 2.62 bits per heavy atom. The van der Waals surface area contributed by atoms with Gasteiger partial charge in [-0.3, -0.25) is 4.79 Å². The molecule has 1 amide bonds. The van der Waals surface area contributed by atoms with Gasteiger partial charge in [0.1, 0.15) is 5.75 Å². The van der Waals surface area contributed by atoms with Crippen LogP contribution in [0.4, 0.5) is 0 Å². The minimum atomic E-state index is -0.336. The minimum absolute atomic E-state index is 0.336. The monoisotopic (exact) mass is 356 g/mol. The number of ether oxygens (including phenoxy) is 3. The Balaban J connectivity index is 2.07. The Morgan fingerprint density at radius 1 is 1.08 bits per heavy atom. The second kappa shape index (κ2) is 10.1. The summed E-state index contributed by atoms with van der Waals surface area (Å²) in [4.78, 5) is 12.3. The van der Waals surface area contributed by atoms with Gasteiger partial charge in [0.15, 0.2) is 11.5 Å². The van der Waals surface area contributed by atoms with Crippen LogP contribution in [0.3, 0.4) is 0 Å². The van der Waals surface area contributed by atoms with Gasteiger partial charge < -0.3 is 14.2 Å².